The number of nitrogens with two attached hydrogens (primary N) is 1. The van der Waals surface area contributed by atoms with Gasteiger partial charge in [0.05, 0.1) is 5.69 Å². The van der Waals surface area contributed by atoms with Gasteiger partial charge in [-0.3, -0.25) is 0 Å². The molecule has 0 aliphatic carbocycles. The Morgan fingerprint density at radius 1 is 1.28 bits per heavy atom. The molecular weight excluding hydrogens is 242 g/mol. The number of thiazole rings is 1. The molecule has 1 aromatic carbocycles. The molecule has 3 nitrogen and oxygen atoms in total. The first-order valence-electron chi connectivity index (χ1n) is 6.11. The molecule has 2 rings (SSSR count). The molecule has 96 valence electrons. The summed E-state index contributed by atoms with van der Waals surface area (Å²) in [5.41, 5.74) is 10.4. The number of aryl methyl sites for hydroxylation is 2. The van der Waals surface area contributed by atoms with E-state index in [1.807, 2.05) is 6.92 Å². The van der Waals surface area contributed by atoms with Crippen molar-refractivity contribution >= 4 is 22.2 Å². The van der Waals surface area contributed by atoms with E-state index in [1.165, 1.54) is 16.0 Å². The summed E-state index contributed by atoms with van der Waals surface area (Å²) in [6, 6.07) is 6.26. The van der Waals surface area contributed by atoms with Crippen molar-refractivity contribution in [2.24, 2.45) is 5.73 Å². The Kier molecular flexibility index (Phi) is 3.99. The van der Waals surface area contributed by atoms with E-state index in [-0.39, 0.29) is 0 Å². The lowest BCUT2D eigenvalue weighted by molar-refractivity contribution is 0.970. The van der Waals surface area contributed by atoms with Gasteiger partial charge in [0.2, 0.25) is 0 Å². The zero-order valence-corrected chi connectivity index (χ0v) is 11.9. The minimum absolute atomic E-state index is 0.673. The van der Waals surface area contributed by atoms with E-state index in [4.69, 9.17) is 5.73 Å². The maximum atomic E-state index is 5.59. The SMILES string of the molecule is Cc1cccc(Nc2nc(C)c(CCN)s2)c1C. The van der Waals surface area contributed by atoms with Gasteiger partial charge < -0.3 is 11.1 Å². The predicted molar refractivity (Wildman–Crippen MR) is 78.8 cm³/mol. The highest BCUT2D eigenvalue weighted by molar-refractivity contribution is 7.15. The zero-order chi connectivity index (χ0) is 13.1. The summed E-state index contributed by atoms with van der Waals surface area (Å²) in [4.78, 5) is 5.82. The summed E-state index contributed by atoms with van der Waals surface area (Å²) < 4.78 is 0. The first-order valence-corrected chi connectivity index (χ1v) is 6.93. The highest BCUT2D eigenvalue weighted by atomic mass is 32.1. The Balaban J connectivity index is 2.23. The number of rotatable bonds is 4. The van der Waals surface area contributed by atoms with Crippen molar-refractivity contribution in [3.8, 4) is 0 Å². The van der Waals surface area contributed by atoms with Crippen molar-refractivity contribution in [1.29, 1.82) is 0 Å². The first-order chi connectivity index (χ1) is 8.61. The van der Waals surface area contributed by atoms with Crippen LogP contribution in [0.25, 0.3) is 0 Å². The second kappa shape index (κ2) is 5.50. The van der Waals surface area contributed by atoms with E-state index >= 15 is 0 Å². The highest BCUT2D eigenvalue weighted by Crippen LogP contribution is 2.28. The summed E-state index contributed by atoms with van der Waals surface area (Å²) in [7, 11) is 0. The predicted octanol–water partition coefficient (Wildman–Crippen LogP) is 3.31. The Morgan fingerprint density at radius 3 is 2.78 bits per heavy atom. The molecule has 18 heavy (non-hydrogen) atoms. The molecule has 0 spiro atoms. The Hall–Kier alpha value is -1.39. The van der Waals surface area contributed by atoms with E-state index in [0.29, 0.717) is 6.54 Å². The van der Waals surface area contributed by atoms with Crippen LogP contribution in [-0.2, 0) is 6.42 Å². The van der Waals surface area contributed by atoms with Crippen molar-refractivity contribution < 1.29 is 0 Å². The van der Waals surface area contributed by atoms with Crippen molar-refractivity contribution in [2.75, 3.05) is 11.9 Å². The maximum absolute atomic E-state index is 5.59. The lowest BCUT2D eigenvalue weighted by atomic mass is 10.1. The smallest absolute Gasteiger partial charge is 0.187 e. The van der Waals surface area contributed by atoms with Crippen LogP contribution in [-0.4, -0.2) is 11.5 Å². The van der Waals surface area contributed by atoms with Crippen LogP contribution in [0.15, 0.2) is 18.2 Å². The fraction of sp³-hybridized carbons (Fsp3) is 0.357. The van der Waals surface area contributed by atoms with Crippen LogP contribution in [0.3, 0.4) is 0 Å². The third-order valence-electron chi connectivity index (χ3n) is 3.11. The molecule has 0 saturated heterocycles. The standard InChI is InChI=1S/C14H19N3S/c1-9-5-4-6-12(10(9)2)17-14-16-11(3)13(18-14)7-8-15/h4-6H,7-8,15H2,1-3H3,(H,16,17). The molecule has 0 unspecified atom stereocenters. The molecule has 3 N–H and O–H groups in total. The van der Waals surface area contributed by atoms with Crippen LogP contribution in [0, 0.1) is 20.8 Å². The number of benzene rings is 1. The number of nitrogens with zero attached hydrogens (tertiary/aromatic N) is 1. The van der Waals surface area contributed by atoms with Gasteiger partial charge in [-0.15, -0.1) is 11.3 Å². The minimum atomic E-state index is 0.673. The highest BCUT2D eigenvalue weighted by Gasteiger charge is 2.08. The Labute approximate surface area is 112 Å². The van der Waals surface area contributed by atoms with E-state index in [9.17, 15) is 0 Å². The van der Waals surface area contributed by atoms with Crippen molar-refractivity contribution in [3.05, 3.63) is 39.9 Å². The topological polar surface area (TPSA) is 50.9 Å². The Bertz CT molecular complexity index is 546. The minimum Gasteiger partial charge on any atom is -0.331 e. The Morgan fingerprint density at radius 2 is 2.06 bits per heavy atom. The van der Waals surface area contributed by atoms with Gasteiger partial charge in [-0.25, -0.2) is 4.98 Å². The van der Waals surface area contributed by atoms with Gasteiger partial charge in [0.15, 0.2) is 5.13 Å². The molecule has 0 bridgehead atoms. The molecular formula is C14H19N3S. The van der Waals surface area contributed by atoms with E-state index in [2.05, 4.69) is 42.3 Å². The number of hydrogen-bond donors (Lipinski definition) is 2. The molecule has 0 radical (unpaired) electrons. The zero-order valence-electron chi connectivity index (χ0n) is 11.1. The lowest BCUT2D eigenvalue weighted by Gasteiger charge is -2.08. The summed E-state index contributed by atoms with van der Waals surface area (Å²) in [6.45, 7) is 6.95. The van der Waals surface area contributed by atoms with E-state index in [0.717, 1.165) is 22.9 Å². The average molecular weight is 261 g/mol. The number of hydrogen-bond acceptors (Lipinski definition) is 4. The third-order valence-corrected chi connectivity index (χ3v) is 4.24. The summed E-state index contributed by atoms with van der Waals surface area (Å²) in [6.07, 6.45) is 0.901. The summed E-state index contributed by atoms with van der Waals surface area (Å²) in [5.74, 6) is 0. The number of nitrogens with one attached hydrogen (secondary N) is 1. The van der Waals surface area contributed by atoms with Crippen LogP contribution in [0.1, 0.15) is 21.7 Å². The van der Waals surface area contributed by atoms with Gasteiger partial charge in [0, 0.05) is 10.6 Å². The van der Waals surface area contributed by atoms with Crippen LogP contribution < -0.4 is 11.1 Å². The molecule has 0 saturated carbocycles. The largest absolute Gasteiger partial charge is 0.331 e. The normalized spacial score (nSPS) is 10.7. The monoisotopic (exact) mass is 261 g/mol. The molecule has 0 aliphatic rings. The van der Waals surface area contributed by atoms with Crippen LogP contribution in [0.2, 0.25) is 0 Å². The fourth-order valence-electron chi connectivity index (χ4n) is 1.85. The van der Waals surface area contributed by atoms with Gasteiger partial charge in [-0.1, -0.05) is 12.1 Å². The molecule has 0 amide bonds. The van der Waals surface area contributed by atoms with Gasteiger partial charge in [0.25, 0.3) is 0 Å². The molecule has 1 aromatic heterocycles. The number of anilines is 2. The van der Waals surface area contributed by atoms with Gasteiger partial charge >= 0.3 is 0 Å². The molecule has 2 aromatic rings. The maximum Gasteiger partial charge on any atom is 0.187 e. The first kappa shape index (κ1) is 13.1. The van der Waals surface area contributed by atoms with Crippen molar-refractivity contribution in [2.45, 2.75) is 27.2 Å². The molecule has 0 aliphatic heterocycles. The second-order valence-electron chi connectivity index (χ2n) is 4.44. The van der Waals surface area contributed by atoms with Gasteiger partial charge in [-0.05, 0) is 50.9 Å². The summed E-state index contributed by atoms with van der Waals surface area (Å²) >= 11 is 1.69. The van der Waals surface area contributed by atoms with Crippen LogP contribution >= 0.6 is 11.3 Å². The quantitative estimate of drug-likeness (QED) is 0.887. The lowest BCUT2D eigenvalue weighted by Crippen LogP contribution is -2.01. The van der Waals surface area contributed by atoms with Crippen LogP contribution in [0.5, 0.6) is 0 Å². The molecule has 0 fully saturated rings. The molecule has 0 atom stereocenters. The van der Waals surface area contributed by atoms with E-state index in [1.54, 1.807) is 11.3 Å². The summed E-state index contributed by atoms with van der Waals surface area (Å²) in [5, 5.41) is 4.35. The van der Waals surface area contributed by atoms with Crippen molar-refractivity contribution in [1.82, 2.24) is 4.98 Å². The fourth-order valence-corrected chi connectivity index (χ4v) is 2.84. The average Bonchev–Trinajstić information content (AvgIpc) is 2.66. The molecule has 1 heterocycles. The van der Waals surface area contributed by atoms with Gasteiger partial charge in [-0.2, -0.15) is 0 Å². The molecule has 4 heteroatoms. The number of aromatic nitrogens is 1. The van der Waals surface area contributed by atoms with Gasteiger partial charge in [0.1, 0.15) is 0 Å². The van der Waals surface area contributed by atoms with Crippen LogP contribution in [0.4, 0.5) is 10.8 Å². The van der Waals surface area contributed by atoms with E-state index < -0.39 is 0 Å². The third kappa shape index (κ3) is 2.71. The van der Waals surface area contributed by atoms with Crippen molar-refractivity contribution in [3.63, 3.8) is 0 Å². The second-order valence-corrected chi connectivity index (χ2v) is 5.52.